The van der Waals surface area contributed by atoms with Crippen LogP contribution in [0.2, 0.25) is 0 Å². The number of hydrogen-bond acceptors (Lipinski definition) is 3. The zero-order valence-corrected chi connectivity index (χ0v) is 12.9. The number of carboxylic acids is 1. The number of hydrogen-bond donors (Lipinski definition) is 3. The van der Waals surface area contributed by atoms with Crippen LogP contribution in [0.15, 0.2) is 0 Å². The molecule has 116 valence electrons. The van der Waals surface area contributed by atoms with Crippen molar-refractivity contribution in [1.29, 1.82) is 0 Å². The van der Waals surface area contributed by atoms with Crippen LogP contribution in [0.3, 0.4) is 0 Å². The average Bonchev–Trinajstić information content (AvgIpc) is 2.32. The van der Waals surface area contributed by atoms with E-state index in [2.05, 4.69) is 10.6 Å². The van der Waals surface area contributed by atoms with E-state index in [4.69, 9.17) is 5.11 Å². The summed E-state index contributed by atoms with van der Waals surface area (Å²) in [5.41, 5.74) is -0.594. The lowest BCUT2D eigenvalue weighted by Gasteiger charge is -2.23. The van der Waals surface area contributed by atoms with Crippen LogP contribution < -0.4 is 10.6 Å². The Labute approximate surface area is 120 Å². The standard InChI is InChI=1S/C14H26N2O4/c1-6-7-8-10(12(18)19)16-11(17)9(2)15-13(20)14(3,4)5/h9-10H,6-8H2,1-5H3,(H,15,20)(H,16,17)(H,18,19). The van der Waals surface area contributed by atoms with Crippen LogP contribution in [0.25, 0.3) is 0 Å². The first-order valence-electron chi connectivity index (χ1n) is 6.93. The highest BCUT2D eigenvalue weighted by atomic mass is 16.4. The molecule has 0 aromatic rings. The van der Waals surface area contributed by atoms with Crippen LogP contribution in [-0.4, -0.2) is 35.0 Å². The van der Waals surface area contributed by atoms with E-state index in [1.165, 1.54) is 6.92 Å². The van der Waals surface area contributed by atoms with Gasteiger partial charge in [-0.3, -0.25) is 9.59 Å². The Morgan fingerprint density at radius 2 is 1.70 bits per heavy atom. The van der Waals surface area contributed by atoms with Crippen molar-refractivity contribution in [1.82, 2.24) is 10.6 Å². The van der Waals surface area contributed by atoms with Crippen LogP contribution in [0.1, 0.15) is 53.9 Å². The molecule has 0 aliphatic rings. The number of aliphatic carboxylic acids is 1. The summed E-state index contributed by atoms with van der Waals surface area (Å²) < 4.78 is 0. The lowest BCUT2D eigenvalue weighted by atomic mass is 9.95. The summed E-state index contributed by atoms with van der Waals surface area (Å²) in [6.07, 6.45) is 1.97. The number of carbonyl (C=O) groups is 3. The van der Waals surface area contributed by atoms with Crippen LogP contribution in [-0.2, 0) is 14.4 Å². The molecule has 6 nitrogen and oxygen atoms in total. The highest BCUT2D eigenvalue weighted by molar-refractivity contribution is 5.91. The van der Waals surface area contributed by atoms with Gasteiger partial charge in [0.2, 0.25) is 11.8 Å². The molecule has 0 bridgehead atoms. The second-order valence-electron chi connectivity index (χ2n) is 5.99. The highest BCUT2D eigenvalue weighted by Gasteiger charge is 2.27. The predicted octanol–water partition coefficient (Wildman–Crippen LogP) is 1.30. The number of nitrogens with one attached hydrogen (secondary N) is 2. The van der Waals surface area contributed by atoms with Crippen LogP contribution in [0, 0.1) is 5.41 Å². The van der Waals surface area contributed by atoms with E-state index in [1.54, 1.807) is 20.8 Å². The number of unbranched alkanes of at least 4 members (excludes halogenated alkanes) is 1. The van der Waals surface area contributed by atoms with E-state index >= 15 is 0 Å². The van der Waals surface area contributed by atoms with Crippen molar-refractivity contribution in [3.8, 4) is 0 Å². The second kappa shape index (κ2) is 7.87. The van der Waals surface area contributed by atoms with Gasteiger partial charge in [0.1, 0.15) is 12.1 Å². The van der Waals surface area contributed by atoms with Crippen molar-refractivity contribution >= 4 is 17.8 Å². The van der Waals surface area contributed by atoms with Gasteiger partial charge in [0.15, 0.2) is 0 Å². The van der Waals surface area contributed by atoms with Gasteiger partial charge in [-0.25, -0.2) is 4.79 Å². The monoisotopic (exact) mass is 286 g/mol. The molecule has 0 radical (unpaired) electrons. The topological polar surface area (TPSA) is 95.5 Å². The van der Waals surface area contributed by atoms with Gasteiger partial charge in [-0.1, -0.05) is 40.5 Å². The fourth-order valence-corrected chi connectivity index (χ4v) is 1.44. The van der Waals surface area contributed by atoms with E-state index in [9.17, 15) is 14.4 Å². The van der Waals surface area contributed by atoms with E-state index in [0.717, 1.165) is 12.8 Å². The van der Waals surface area contributed by atoms with E-state index in [-0.39, 0.29) is 5.91 Å². The summed E-state index contributed by atoms with van der Waals surface area (Å²) in [7, 11) is 0. The van der Waals surface area contributed by atoms with Crippen molar-refractivity contribution in [2.75, 3.05) is 0 Å². The van der Waals surface area contributed by atoms with Gasteiger partial charge in [0, 0.05) is 5.41 Å². The van der Waals surface area contributed by atoms with Crippen molar-refractivity contribution in [3.63, 3.8) is 0 Å². The number of rotatable bonds is 7. The Bertz CT molecular complexity index is 361. The first kappa shape index (κ1) is 18.4. The molecule has 2 atom stereocenters. The molecule has 0 aromatic carbocycles. The maximum atomic E-state index is 11.9. The quantitative estimate of drug-likeness (QED) is 0.657. The summed E-state index contributed by atoms with van der Waals surface area (Å²) in [5.74, 6) is -1.78. The SMILES string of the molecule is CCCCC(NC(=O)C(C)NC(=O)C(C)(C)C)C(=O)O. The third-order valence-corrected chi connectivity index (χ3v) is 2.88. The summed E-state index contributed by atoms with van der Waals surface area (Å²) in [5, 5.41) is 14.1. The Morgan fingerprint density at radius 1 is 1.15 bits per heavy atom. The fraction of sp³-hybridized carbons (Fsp3) is 0.786. The third kappa shape index (κ3) is 6.54. The van der Waals surface area contributed by atoms with Crippen molar-refractivity contribution in [2.45, 2.75) is 66.0 Å². The molecule has 2 amide bonds. The van der Waals surface area contributed by atoms with Crippen LogP contribution >= 0.6 is 0 Å². The molecule has 20 heavy (non-hydrogen) atoms. The molecule has 0 aliphatic carbocycles. The predicted molar refractivity (Wildman–Crippen MR) is 76.2 cm³/mol. The van der Waals surface area contributed by atoms with Crippen LogP contribution in [0.4, 0.5) is 0 Å². The smallest absolute Gasteiger partial charge is 0.326 e. The minimum absolute atomic E-state index is 0.249. The molecule has 0 spiro atoms. The summed E-state index contributed by atoms with van der Waals surface area (Å²) in [6.45, 7) is 8.72. The van der Waals surface area contributed by atoms with Crippen molar-refractivity contribution in [3.05, 3.63) is 0 Å². The molecule has 0 saturated carbocycles. The fourth-order valence-electron chi connectivity index (χ4n) is 1.44. The first-order chi connectivity index (χ1) is 9.09. The Morgan fingerprint density at radius 3 is 2.10 bits per heavy atom. The molecular weight excluding hydrogens is 260 g/mol. The largest absolute Gasteiger partial charge is 0.480 e. The third-order valence-electron chi connectivity index (χ3n) is 2.88. The molecule has 3 N–H and O–H groups in total. The molecule has 0 aliphatic heterocycles. The van der Waals surface area contributed by atoms with Gasteiger partial charge < -0.3 is 15.7 Å². The molecule has 0 aromatic heterocycles. The minimum atomic E-state index is -1.05. The van der Waals surface area contributed by atoms with E-state index in [0.29, 0.717) is 6.42 Å². The van der Waals surface area contributed by atoms with Gasteiger partial charge in [-0.05, 0) is 13.3 Å². The molecule has 0 fully saturated rings. The van der Waals surface area contributed by atoms with Gasteiger partial charge in [-0.2, -0.15) is 0 Å². The molecular formula is C14H26N2O4. The maximum Gasteiger partial charge on any atom is 0.326 e. The highest BCUT2D eigenvalue weighted by Crippen LogP contribution is 2.12. The van der Waals surface area contributed by atoms with Gasteiger partial charge in [0.25, 0.3) is 0 Å². The number of carboxylic acid groups (broad SMARTS) is 1. The lowest BCUT2D eigenvalue weighted by Crippen LogP contribution is -2.52. The normalized spacial score (nSPS) is 14.2. The van der Waals surface area contributed by atoms with E-state index in [1.807, 2.05) is 6.92 Å². The summed E-state index contributed by atoms with van der Waals surface area (Å²) in [6, 6.07) is -1.67. The van der Waals surface area contributed by atoms with Gasteiger partial charge in [-0.15, -0.1) is 0 Å². The summed E-state index contributed by atoms with van der Waals surface area (Å²) >= 11 is 0. The second-order valence-corrected chi connectivity index (χ2v) is 5.99. The molecule has 0 rings (SSSR count). The van der Waals surface area contributed by atoms with Crippen molar-refractivity contribution in [2.24, 2.45) is 5.41 Å². The maximum absolute atomic E-state index is 11.9. The molecule has 6 heteroatoms. The zero-order valence-electron chi connectivity index (χ0n) is 12.9. The molecule has 0 heterocycles. The Kier molecular flexibility index (Phi) is 7.24. The zero-order chi connectivity index (χ0) is 15.9. The van der Waals surface area contributed by atoms with E-state index < -0.39 is 29.4 Å². The van der Waals surface area contributed by atoms with Crippen LogP contribution in [0.5, 0.6) is 0 Å². The Hall–Kier alpha value is -1.59. The van der Waals surface area contributed by atoms with Gasteiger partial charge >= 0.3 is 5.97 Å². The minimum Gasteiger partial charge on any atom is -0.480 e. The van der Waals surface area contributed by atoms with Crippen molar-refractivity contribution < 1.29 is 19.5 Å². The lowest BCUT2D eigenvalue weighted by molar-refractivity contribution is -0.142. The first-order valence-corrected chi connectivity index (χ1v) is 6.93. The average molecular weight is 286 g/mol. The summed E-state index contributed by atoms with van der Waals surface area (Å²) in [4.78, 5) is 34.7. The number of amides is 2. The molecule has 0 saturated heterocycles. The van der Waals surface area contributed by atoms with Gasteiger partial charge in [0.05, 0.1) is 0 Å². The molecule has 2 unspecified atom stereocenters. The number of carbonyl (C=O) groups excluding carboxylic acids is 2. The Balaban J connectivity index is 4.50.